The summed E-state index contributed by atoms with van der Waals surface area (Å²) in [6.45, 7) is 4.46. The number of fused-ring (bicyclic) bond motifs is 1. The summed E-state index contributed by atoms with van der Waals surface area (Å²) in [7, 11) is 2.11. The summed E-state index contributed by atoms with van der Waals surface area (Å²) < 4.78 is 0. The van der Waals surface area contributed by atoms with Crippen LogP contribution in [0, 0.1) is 17.2 Å². The number of aromatic nitrogens is 1. The standard InChI is InChI=1S/C16H23N5OS/c1-20-9-5-13-14(11-20)23-16(18-13)19-15(22)12-4-2-7-21(10-12)8-3-6-17/h12H,2-5,7-11H2,1H3,(H,18,19,22). The van der Waals surface area contributed by atoms with Gasteiger partial charge < -0.3 is 15.1 Å². The summed E-state index contributed by atoms with van der Waals surface area (Å²) in [6, 6.07) is 2.18. The second kappa shape index (κ2) is 7.39. The lowest BCUT2D eigenvalue weighted by Gasteiger charge is -2.31. The van der Waals surface area contributed by atoms with Gasteiger partial charge >= 0.3 is 0 Å². The quantitative estimate of drug-likeness (QED) is 0.908. The highest BCUT2D eigenvalue weighted by Crippen LogP contribution is 2.28. The molecule has 6 nitrogen and oxygen atoms in total. The van der Waals surface area contributed by atoms with Gasteiger partial charge in [0.25, 0.3) is 0 Å². The molecular formula is C16H23N5OS. The number of amides is 1. The first kappa shape index (κ1) is 16.4. The number of hydrogen-bond donors (Lipinski definition) is 1. The SMILES string of the molecule is CN1CCc2nc(NC(=O)C3CCCN(CCC#N)C3)sc2C1. The van der Waals surface area contributed by atoms with Crippen molar-refractivity contribution in [2.75, 3.05) is 38.5 Å². The fourth-order valence-corrected chi connectivity index (χ4v) is 4.36. The maximum atomic E-state index is 12.5. The lowest BCUT2D eigenvalue weighted by molar-refractivity contribution is -0.121. The molecule has 1 aromatic heterocycles. The Morgan fingerprint density at radius 2 is 2.39 bits per heavy atom. The Bertz CT molecular complexity index is 608. The number of hydrogen-bond acceptors (Lipinski definition) is 6. The van der Waals surface area contributed by atoms with Gasteiger partial charge in [-0.2, -0.15) is 5.26 Å². The maximum Gasteiger partial charge on any atom is 0.230 e. The van der Waals surface area contributed by atoms with Gasteiger partial charge in [-0.15, -0.1) is 11.3 Å². The van der Waals surface area contributed by atoms with Gasteiger partial charge in [0.05, 0.1) is 17.7 Å². The van der Waals surface area contributed by atoms with E-state index in [1.54, 1.807) is 11.3 Å². The largest absolute Gasteiger partial charge is 0.302 e. The van der Waals surface area contributed by atoms with Crippen LogP contribution in [0.15, 0.2) is 0 Å². The highest BCUT2D eigenvalue weighted by atomic mass is 32.1. The minimum absolute atomic E-state index is 0.00560. The number of nitrogens with one attached hydrogen (secondary N) is 1. The summed E-state index contributed by atoms with van der Waals surface area (Å²) in [5, 5.41) is 12.5. The average molecular weight is 333 g/mol. The summed E-state index contributed by atoms with van der Waals surface area (Å²) in [4.78, 5) is 22.9. The molecule has 1 unspecified atom stereocenters. The molecule has 124 valence electrons. The Morgan fingerprint density at radius 1 is 1.52 bits per heavy atom. The molecule has 1 amide bonds. The number of anilines is 1. The first-order chi connectivity index (χ1) is 11.2. The predicted octanol–water partition coefficient (Wildman–Crippen LogP) is 1.70. The number of likely N-dealkylation sites (N-methyl/N-ethyl adjacent to an activating group) is 1. The summed E-state index contributed by atoms with van der Waals surface area (Å²) in [5.74, 6) is 0.0807. The van der Waals surface area contributed by atoms with Gasteiger partial charge in [-0.3, -0.25) is 4.79 Å². The molecule has 0 aromatic carbocycles. The molecule has 0 bridgehead atoms. The van der Waals surface area contributed by atoms with Crippen molar-refractivity contribution in [3.63, 3.8) is 0 Å². The molecule has 0 aliphatic carbocycles. The highest BCUT2D eigenvalue weighted by Gasteiger charge is 2.27. The van der Waals surface area contributed by atoms with Gasteiger partial charge in [0, 0.05) is 43.9 Å². The molecule has 2 aliphatic heterocycles. The zero-order valence-electron chi connectivity index (χ0n) is 13.5. The normalized spacial score (nSPS) is 22.3. The summed E-state index contributed by atoms with van der Waals surface area (Å²) in [5.41, 5.74) is 1.14. The van der Waals surface area contributed by atoms with Crippen LogP contribution >= 0.6 is 11.3 Å². The first-order valence-corrected chi connectivity index (χ1v) is 9.04. The monoisotopic (exact) mass is 333 g/mol. The summed E-state index contributed by atoms with van der Waals surface area (Å²) >= 11 is 1.60. The van der Waals surface area contributed by atoms with Crippen LogP contribution in [0.3, 0.4) is 0 Å². The Balaban J connectivity index is 1.57. The maximum absolute atomic E-state index is 12.5. The van der Waals surface area contributed by atoms with E-state index in [1.807, 2.05) is 0 Å². The Labute approximate surface area is 141 Å². The lowest BCUT2D eigenvalue weighted by atomic mass is 9.97. The Hall–Kier alpha value is -1.49. The number of nitrogens with zero attached hydrogens (tertiary/aromatic N) is 4. The number of likely N-dealkylation sites (tertiary alicyclic amines) is 1. The second-order valence-electron chi connectivity index (χ2n) is 6.41. The van der Waals surface area contributed by atoms with E-state index in [1.165, 1.54) is 4.88 Å². The number of carbonyl (C=O) groups is 1. The molecule has 0 saturated carbocycles. The van der Waals surface area contributed by atoms with Crippen LogP contribution in [0.1, 0.15) is 29.8 Å². The molecule has 1 atom stereocenters. The number of piperidine rings is 1. The summed E-state index contributed by atoms with van der Waals surface area (Å²) in [6.07, 6.45) is 3.43. The van der Waals surface area contributed by atoms with Gasteiger partial charge in [0.1, 0.15) is 0 Å². The third kappa shape index (κ3) is 4.08. The highest BCUT2D eigenvalue weighted by molar-refractivity contribution is 7.15. The molecule has 23 heavy (non-hydrogen) atoms. The fourth-order valence-electron chi connectivity index (χ4n) is 3.26. The zero-order valence-corrected chi connectivity index (χ0v) is 14.4. The van der Waals surface area contributed by atoms with Gasteiger partial charge in [-0.05, 0) is 26.4 Å². The number of carbonyl (C=O) groups excluding carboxylic acids is 1. The predicted molar refractivity (Wildman–Crippen MR) is 90.2 cm³/mol. The van der Waals surface area contributed by atoms with Crippen LogP contribution in [0.25, 0.3) is 0 Å². The van der Waals surface area contributed by atoms with E-state index in [0.717, 1.165) is 62.8 Å². The van der Waals surface area contributed by atoms with Crippen molar-refractivity contribution in [1.82, 2.24) is 14.8 Å². The van der Waals surface area contributed by atoms with Crippen molar-refractivity contribution < 1.29 is 4.79 Å². The minimum Gasteiger partial charge on any atom is -0.302 e. The molecular weight excluding hydrogens is 310 g/mol. The van der Waals surface area contributed by atoms with E-state index >= 15 is 0 Å². The van der Waals surface area contributed by atoms with Crippen molar-refractivity contribution in [1.29, 1.82) is 5.26 Å². The molecule has 0 spiro atoms. The molecule has 3 rings (SSSR count). The van der Waals surface area contributed by atoms with E-state index in [-0.39, 0.29) is 11.8 Å². The molecule has 1 saturated heterocycles. The van der Waals surface area contributed by atoms with E-state index < -0.39 is 0 Å². The third-order valence-corrected chi connectivity index (χ3v) is 5.57. The fraction of sp³-hybridized carbons (Fsp3) is 0.688. The van der Waals surface area contributed by atoms with Crippen molar-refractivity contribution in [3.8, 4) is 6.07 Å². The van der Waals surface area contributed by atoms with Crippen LogP contribution in [0.5, 0.6) is 0 Å². The molecule has 1 aromatic rings. The molecule has 2 aliphatic rings. The van der Waals surface area contributed by atoms with Crippen LogP contribution < -0.4 is 5.32 Å². The van der Waals surface area contributed by atoms with E-state index in [9.17, 15) is 4.79 Å². The molecule has 1 N–H and O–H groups in total. The molecule has 3 heterocycles. The number of nitriles is 1. The Morgan fingerprint density at radius 3 is 3.22 bits per heavy atom. The van der Waals surface area contributed by atoms with Crippen molar-refractivity contribution in [2.24, 2.45) is 5.92 Å². The number of thiazole rings is 1. The molecule has 7 heteroatoms. The van der Waals surface area contributed by atoms with Gasteiger partial charge in [0.2, 0.25) is 5.91 Å². The topological polar surface area (TPSA) is 72.3 Å². The van der Waals surface area contributed by atoms with Gasteiger partial charge in [-0.25, -0.2) is 4.98 Å². The first-order valence-electron chi connectivity index (χ1n) is 8.23. The zero-order chi connectivity index (χ0) is 16.2. The van der Waals surface area contributed by atoms with Crippen molar-refractivity contribution in [2.45, 2.75) is 32.2 Å². The smallest absolute Gasteiger partial charge is 0.230 e. The second-order valence-corrected chi connectivity index (χ2v) is 7.50. The molecule has 0 radical (unpaired) electrons. The van der Waals surface area contributed by atoms with Crippen LogP contribution in [0.4, 0.5) is 5.13 Å². The van der Waals surface area contributed by atoms with Crippen LogP contribution in [-0.2, 0) is 17.8 Å². The average Bonchev–Trinajstić information content (AvgIpc) is 2.94. The van der Waals surface area contributed by atoms with Gasteiger partial charge in [-0.1, -0.05) is 0 Å². The minimum atomic E-state index is 0.00560. The Kier molecular flexibility index (Phi) is 5.26. The van der Waals surface area contributed by atoms with E-state index in [4.69, 9.17) is 5.26 Å². The molecule has 1 fully saturated rings. The van der Waals surface area contributed by atoms with E-state index in [2.05, 4.69) is 33.2 Å². The van der Waals surface area contributed by atoms with Gasteiger partial charge in [0.15, 0.2) is 5.13 Å². The van der Waals surface area contributed by atoms with Crippen LogP contribution in [-0.4, -0.2) is 53.9 Å². The van der Waals surface area contributed by atoms with Crippen LogP contribution in [0.2, 0.25) is 0 Å². The number of rotatable bonds is 4. The van der Waals surface area contributed by atoms with E-state index in [0.29, 0.717) is 6.42 Å². The van der Waals surface area contributed by atoms with Crippen molar-refractivity contribution >= 4 is 22.4 Å². The van der Waals surface area contributed by atoms with Crippen molar-refractivity contribution in [3.05, 3.63) is 10.6 Å². The third-order valence-electron chi connectivity index (χ3n) is 4.57. The lowest BCUT2D eigenvalue weighted by Crippen LogP contribution is -2.41.